The van der Waals surface area contributed by atoms with Crippen LogP contribution in [0, 0.1) is 0 Å². The number of nitrogens with zero attached hydrogens (tertiary/aromatic N) is 1. The molecule has 13 heavy (non-hydrogen) atoms. The fraction of sp³-hybridized carbons (Fsp3) is 0.222. The first-order chi connectivity index (χ1) is 6.15. The molecule has 1 aromatic heterocycles. The lowest BCUT2D eigenvalue weighted by Crippen LogP contribution is -2.22. The average Bonchev–Trinajstić information content (AvgIpc) is 2.13. The van der Waals surface area contributed by atoms with E-state index in [0.717, 1.165) is 5.57 Å². The second-order valence-electron chi connectivity index (χ2n) is 2.74. The Morgan fingerprint density at radius 3 is 3.00 bits per heavy atom. The third-order valence-corrected chi connectivity index (χ3v) is 2.26. The minimum Gasteiger partial charge on any atom is -0.327 e. The van der Waals surface area contributed by atoms with Crippen molar-refractivity contribution in [2.45, 2.75) is 6.54 Å². The zero-order chi connectivity index (χ0) is 9.84. The van der Waals surface area contributed by atoms with Gasteiger partial charge in [0.05, 0.1) is 4.47 Å². The van der Waals surface area contributed by atoms with Crippen LogP contribution < -0.4 is 11.3 Å². The van der Waals surface area contributed by atoms with Gasteiger partial charge in [-0.05, 0) is 33.6 Å². The second kappa shape index (κ2) is 4.39. The molecule has 0 radical (unpaired) electrons. The summed E-state index contributed by atoms with van der Waals surface area (Å²) in [5.41, 5.74) is 6.16. The molecule has 70 valence electrons. The quantitative estimate of drug-likeness (QED) is 0.809. The Morgan fingerprint density at radius 2 is 2.38 bits per heavy atom. The predicted octanol–water partition coefficient (Wildman–Crippen LogP) is 1.13. The number of aromatic nitrogens is 1. The number of pyridine rings is 1. The van der Waals surface area contributed by atoms with Gasteiger partial charge in [0.15, 0.2) is 0 Å². The topological polar surface area (TPSA) is 48.0 Å². The molecule has 0 unspecified atom stereocenters. The van der Waals surface area contributed by atoms with E-state index < -0.39 is 0 Å². The van der Waals surface area contributed by atoms with Gasteiger partial charge in [-0.15, -0.1) is 0 Å². The molecule has 0 amide bonds. The molecular formula is C9H11BrN2O. The minimum absolute atomic E-state index is 0.0582. The fourth-order valence-corrected chi connectivity index (χ4v) is 1.32. The molecule has 0 fully saturated rings. The van der Waals surface area contributed by atoms with Crippen LogP contribution in [-0.2, 0) is 6.54 Å². The maximum Gasteiger partial charge on any atom is 0.265 e. The van der Waals surface area contributed by atoms with Gasteiger partial charge < -0.3 is 10.3 Å². The molecule has 1 heterocycles. The summed E-state index contributed by atoms with van der Waals surface area (Å²) < 4.78 is 2.12. The summed E-state index contributed by atoms with van der Waals surface area (Å²) in [5.74, 6) is 0. The van der Waals surface area contributed by atoms with Gasteiger partial charge in [0.1, 0.15) is 0 Å². The van der Waals surface area contributed by atoms with Crippen molar-refractivity contribution < 1.29 is 0 Å². The Morgan fingerprint density at radius 1 is 1.69 bits per heavy atom. The Kier molecular flexibility index (Phi) is 3.45. The van der Waals surface area contributed by atoms with E-state index in [4.69, 9.17) is 5.73 Å². The molecule has 1 rings (SSSR count). The summed E-state index contributed by atoms with van der Waals surface area (Å²) in [5, 5.41) is 0. The van der Waals surface area contributed by atoms with E-state index in [0.29, 0.717) is 17.6 Å². The molecule has 2 N–H and O–H groups in total. The van der Waals surface area contributed by atoms with E-state index in [1.54, 1.807) is 22.9 Å². The van der Waals surface area contributed by atoms with Crippen LogP contribution in [0.5, 0.6) is 0 Å². The second-order valence-corrected chi connectivity index (χ2v) is 3.60. The van der Waals surface area contributed by atoms with E-state index in [1.807, 2.05) is 0 Å². The van der Waals surface area contributed by atoms with E-state index >= 15 is 0 Å². The number of halogens is 1. The molecule has 0 aliphatic carbocycles. The van der Waals surface area contributed by atoms with Crippen LogP contribution in [0.3, 0.4) is 0 Å². The molecule has 4 heteroatoms. The van der Waals surface area contributed by atoms with E-state index in [9.17, 15) is 4.79 Å². The third-order valence-electron chi connectivity index (χ3n) is 1.66. The van der Waals surface area contributed by atoms with Gasteiger partial charge in [-0.3, -0.25) is 4.79 Å². The zero-order valence-electron chi connectivity index (χ0n) is 7.16. The molecule has 1 aromatic rings. The first kappa shape index (κ1) is 10.2. The summed E-state index contributed by atoms with van der Waals surface area (Å²) in [4.78, 5) is 11.5. The molecule has 0 atom stereocenters. The van der Waals surface area contributed by atoms with E-state index in [-0.39, 0.29) is 5.56 Å². The van der Waals surface area contributed by atoms with Crippen molar-refractivity contribution in [3.8, 4) is 0 Å². The standard InChI is InChI=1S/C9H11BrN2O/c1-7(5-11)6-12-4-2-3-8(10)9(12)13/h2-4H,1,5-6,11H2. The van der Waals surface area contributed by atoms with Crippen molar-refractivity contribution >= 4 is 15.9 Å². The minimum atomic E-state index is -0.0582. The molecule has 0 saturated carbocycles. The normalized spacial score (nSPS) is 10.0. The fourth-order valence-electron chi connectivity index (χ4n) is 0.938. The van der Waals surface area contributed by atoms with Crippen LogP contribution in [0.15, 0.2) is 39.7 Å². The summed E-state index contributed by atoms with van der Waals surface area (Å²) in [6, 6.07) is 3.51. The zero-order valence-corrected chi connectivity index (χ0v) is 8.75. The highest BCUT2D eigenvalue weighted by atomic mass is 79.9. The van der Waals surface area contributed by atoms with Gasteiger partial charge in [0.2, 0.25) is 0 Å². The Bertz CT molecular complexity index is 370. The highest BCUT2D eigenvalue weighted by molar-refractivity contribution is 9.10. The highest BCUT2D eigenvalue weighted by Gasteiger charge is 1.99. The number of nitrogens with two attached hydrogens (primary N) is 1. The van der Waals surface area contributed by atoms with Gasteiger partial charge in [0.25, 0.3) is 5.56 Å². The number of hydrogen-bond acceptors (Lipinski definition) is 2. The molecule has 0 aliphatic heterocycles. The Labute approximate surface area is 85.0 Å². The van der Waals surface area contributed by atoms with E-state index in [2.05, 4.69) is 22.5 Å². The number of hydrogen-bond donors (Lipinski definition) is 1. The first-order valence-corrected chi connectivity index (χ1v) is 4.66. The van der Waals surface area contributed by atoms with Crippen LogP contribution in [-0.4, -0.2) is 11.1 Å². The number of rotatable bonds is 3. The maximum atomic E-state index is 11.5. The van der Waals surface area contributed by atoms with Crippen molar-refractivity contribution in [3.63, 3.8) is 0 Å². The lowest BCUT2D eigenvalue weighted by molar-refractivity contribution is 0.732. The van der Waals surface area contributed by atoms with Crippen molar-refractivity contribution in [1.82, 2.24) is 4.57 Å². The van der Waals surface area contributed by atoms with Gasteiger partial charge >= 0.3 is 0 Å². The average molecular weight is 243 g/mol. The van der Waals surface area contributed by atoms with Gasteiger partial charge in [0, 0.05) is 19.3 Å². The van der Waals surface area contributed by atoms with Gasteiger partial charge in [-0.2, -0.15) is 0 Å². The molecule has 0 saturated heterocycles. The van der Waals surface area contributed by atoms with Crippen LogP contribution >= 0.6 is 15.9 Å². The van der Waals surface area contributed by atoms with Gasteiger partial charge in [-0.1, -0.05) is 6.58 Å². The largest absolute Gasteiger partial charge is 0.327 e. The van der Waals surface area contributed by atoms with Crippen LogP contribution in [0.2, 0.25) is 0 Å². The van der Waals surface area contributed by atoms with Crippen molar-refractivity contribution in [2.24, 2.45) is 5.73 Å². The Hall–Kier alpha value is -0.870. The summed E-state index contributed by atoms with van der Waals surface area (Å²) in [6.45, 7) is 4.62. The Balaban J connectivity index is 2.96. The smallest absolute Gasteiger partial charge is 0.265 e. The summed E-state index contributed by atoms with van der Waals surface area (Å²) in [7, 11) is 0. The van der Waals surface area contributed by atoms with Crippen molar-refractivity contribution in [3.05, 3.63) is 45.3 Å². The predicted molar refractivity (Wildman–Crippen MR) is 56.6 cm³/mol. The van der Waals surface area contributed by atoms with Crippen LogP contribution in [0.4, 0.5) is 0 Å². The highest BCUT2D eigenvalue weighted by Crippen LogP contribution is 2.01. The molecule has 0 bridgehead atoms. The molecule has 3 nitrogen and oxygen atoms in total. The molecule has 0 spiro atoms. The van der Waals surface area contributed by atoms with Crippen molar-refractivity contribution in [2.75, 3.05) is 6.54 Å². The maximum absolute atomic E-state index is 11.5. The van der Waals surface area contributed by atoms with Crippen LogP contribution in [0.1, 0.15) is 0 Å². The molecular weight excluding hydrogens is 232 g/mol. The lowest BCUT2D eigenvalue weighted by atomic mass is 10.3. The van der Waals surface area contributed by atoms with Gasteiger partial charge in [-0.25, -0.2) is 0 Å². The summed E-state index contributed by atoms with van der Waals surface area (Å²) >= 11 is 3.16. The van der Waals surface area contributed by atoms with Crippen LogP contribution in [0.25, 0.3) is 0 Å². The first-order valence-electron chi connectivity index (χ1n) is 3.87. The molecule has 0 aliphatic rings. The molecule has 0 aromatic carbocycles. The lowest BCUT2D eigenvalue weighted by Gasteiger charge is -2.06. The van der Waals surface area contributed by atoms with E-state index in [1.165, 1.54) is 0 Å². The SMILES string of the molecule is C=C(CN)Cn1cccc(Br)c1=O. The van der Waals surface area contributed by atoms with Crippen molar-refractivity contribution in [1.29, 1.82) is 0 Å². The third kappa shape index (κ3) is 2.54. The monoisotopic (exact) mass is 242 g/mol. The summed E-state index contributed by atoms with van der Waals surface area (Å²) in [6.07, 6.45) is 1.72.